The van der Waals surface area contributed by atoms with Crippen LogP contribution in [0.3, 0.4) is 0 Å². The summed E-state index contributed by atoms with van der Waals surface area (Å²) in [6, 6.07) is 4.17. The lowest BCUT2D eigenvalue weighted by Crippen LogP contribution is -2.23. The lowest BCUT2D eigenvalue weighted by Gasteiger charge is -2.26. The van der Waals surface area contributed by atoms with Crippen LogP contribution >= 0.6 is 0 Å². The zero-order valence-electron chi connectivity index (χ0n) is 14.3. The van der Waals surface area contributed by atoms with Crippen molar-refractivity contribution in [3.8, 4) is 0 Å². The summed E-state index contributed by atoms with van der Waals surface area (Å²) < 4.78 is 0. The van der Waals surface area contributed by atoms with E-state index < -0.39 is 5.41 Å². The molecule has 1 aliphatic rings. The number of aromatic nitrogens is 1. The Morgan fingerprint density at radius 3 is 2.52 bits per heavy atom. The first-order chi connectivity index (χ1) is 10.8. The highest BCUT2D eigenvalue weighted by Gasteiger charge is 2.27. The first-order valence-corrected chi connectivity index (χ1v) is 8.21. The van der Waals surface area contributed by atoms with Crippen LogP contribution in [0.2, 0.25) is 0 Å². The topological polar surface area (TPSA) is 53.2 Å². The number of carbonyl (C=O) groups is 2. The van der Waals surface area contributed by atoms with Crippen molar-refractivity contribution in [2.75, 3.05) is 19.0 Å². The van der Waals surface area contributed by atoms with E-state index >= 15 is 0 Å². The highest BCUT2D eigenvalue weighted by molar-refractivity contribution is 6.03. The van der Waals surface area contributed by atoms with Gasteiger partial charge < -0.3 is 14.7 Å². The molecule has 23 heavy (non-hydrogen) atoms. The number of hydrogen-bond donors (Lipinski definition) is 1. The molecular weight excluding hydrogens is 288 g/mol. The number of ketones is 1. The quantitative estimate of drug-likeness (QED) is 0.695. The second-order valence-electron chi connectivity index (χ2n) is 7.26. The number of aldehydes is 1. The Labute approximate surface area is 136 Å². The standard InChI is InChI=1S/C19H24N2O2/c1-19(2,11-22)14-10-15-13(9-16(14)21(3)4)12-7-5-6-8-17(23)18(12)20-15/h9-11,20H,5-8H2,1-4H3. The van der Waals surface area contributed by atoms with Crippen LogP contribution < -0.4 is 4.90 Å². The minimum Gasteiger partial charge on any atom is -0.377 e. The fourth-order valence-electron chi connectivity index (χ4n) is 3.45. The van der Waals surface area contributed by atoms with Crippen LogP contribution in [0.1, 0.15) is 54.7 Å². The number of Topliss-reactive ketones (excluding diaryl/α,β-unsaturated/α-hetero) is 1. The van der Waals surface area contributed by atoms with Gasteiger partial charge >= 0.3 is 0 Å². The Hall–Kier alpha value is -2.10. The number of aryl methyl sites for hydroxylation is 1. The number of hydrogen-bond acceptors (Lipinski definition) is 3. The van der Waals surface area contributed by atoms with Crippen LogP contribution in [0.4, 0.5) is 5.69 Å². The maximum atomic E-state index is 12.3. The second kappa shape index (κ2) is 5.52. The van der Waals surface area contributed by atoms with E-state index in [0.29, 0.717) is 6.42 Å². The number of anilines is 1. The summed E-state index contributed by atoms with van der Waals surface area (Å²) in [4.78, 5) is 29.2. The third kappa shape index (κ3) is 2.56. The lowest BCUT2D eigenvalue weighted by atomic mass is 9.84. The Balaban J connectivity index is 2.30. The fourth-order valence-corrected chi connectivity index (χ4v) is 3.45. The van der Waals surface area contributed by atoms with Gasteiger partial charge in [0.25, 0.3) is 0 Å². The number of benzene rings is 1. The Morgan fingerprint density at radius 1 is 1.17 bits per heavy atom. The largest absolute Gasteiger partial charge is 0.377 e. The number of aromatic amines is 1. The molecule has 1 N–H and O–H groups in total. The van der Waals surface area contributed by atoms with E-state index in [9.17, 15) is 9.59 Å². The van der Waals surface area contributed by atoms with Gasteiger partial charge in [-0.15, -0.1) is 0 Å². The molecule has 1 aromatic carbocycles. The maximum Gasteiger partial charge on any atom is 0.179 e. The molecule has 0 unspecified atom stereocenters. The Bertz CT molecular complexity index is 784. The number of nitrogens with zero attached hydrogens (tertiary/aromatic N) is 1. The van der Waals surface area contributed by atoms with Crippen LogP contribution in [0.25, 0.3) is 10.9 Å². The molecule has 4 nitrogen and oxygen atoms in total. The van der Waals surface area contributed by atoms with Crippen molar-refractivity contribution in [3.63, 3.8) is 0 Å². The second-order valence-corrected chi connectivity index (χ2v) is 7.26. The summed E-state index contributed by atoms with van der Waals surface area (Å²) in [6.07, 6.45) is 4.54. The average Bonchev–Trinajstić information content (AvgIpc) is 2.78. The molecule has 0 aliphatic heterocycles. The van der Waals surface area contributed by atoms with E-state index in [1.165, 1.54) is 0 Å². The molecule has 0 saturated heterocycles. The molecule has 122 valence electrons. The summed E-state index contributed by atoms with van der Waals surface area (Å²) in [7, 11) is 3.98. The molecule has 0 fully saturated rings. The molecule has 1 aliphatic carbocycles. The molecule has 0 spiro atoms. The van der Waals surface area contributed by atoms with Crippen molar-refractivity contribution in [1.82, 2.24) is 4.98 Å². The minimum atomic E-state index is -0.569. The van der Waals surface area contributed by atoms with E-state index in [-0.39, 0.29) is 5.78 Å². The van der Waals surface area contributed by atoms with Crippen molar-refractivity contribution >= 4 is 28.7 Å². The van der Waals surface area contributed by atoms with E-state index in [1.54, 1.807) is 0 Å². The third-order valence-electron chi connectivity index (χ3n) is 4.85. The summed E-state index contributed by atoms with van der Waals surface area (Å²) in [5.41, 5.74) is 4.31. The highest BCUT2D eigenvalue weighted by atomic mass is 16.1. The minimum absolute atomic E-state index is 0.205. The third-order valence-corrected chi connectivity index (χ3v) is 4.85. The van der Waals surface area contributed by atoms with Gasteiger partial charge in [-0.25, -0.2) is 0 Å². The number of fused-ring (bicyclic) bond motifs is 3. The number of H-pyrrole nitrogens is 1. The predicted molar refractivity (Wildman–Crippen MR) is 93.6 cm³/mol. The van der Waals surface area contributed by atoms with Gasteiger partial charge in [-0.05, 0) is 56.4 Å². The van der Waals surface area contributed by atoms with Crippen molar-refractivity contribution in [2.45, 2.75) is 44.9 Å². The molecule has 2 aromatic rings. The van der Waals surface area contributed by atoms with Gasteiger partial charge in [-0.1, -0.05) is 0 Å². The fraction of sp³-hybridized carbons (Fsp3) is 0.474. The Kier molecular flexibility index (Phi) is 3.78. The van der Waals surface area contributed by atoms with Crippen LogP contribution in [-0.4, -0.2) is 31.1 Å². The SMILES string of the molecule is CN(C)c1cc2c3c([nH]c2cc1C(C)(C)C=O)C(=O)CCCC3. The molecule has 0 saturated carbocycles. The molecule has 0 amide bonds. The van der Waals surface area contributed by atoms with Crippen molar-refractivity contribution in [2.24, 2.45) is 0 Å². The Morgan fingerprint density at radius 2 is 1.87 bits per heavy atom. The zero-order chi connectivity index (χ0) is 16.8. The first kappa shape index (κ1) is 15.8. The summed E-state index contributed by atoms with van der Waals surface area (Å²) in [5.74, 6) is 0.205. The van der Waals surface area contributed by atoms with Gasteiger partial charge in [0.1, 0.15) is 6.29 Å². The van der Waals surface area contributed by atoms with Gasteiger partial charge in [-0.2, -0.15) is 0 Å². The monoisotopic (exact) mass is 312 g/mol. The molecule has 0 radical (unpaired) electrons. The predicted octanol–water partition coefficient (Wildman–Crippen LogP) is 3.62. The molecule has 4 heteroatoms. The number of nitrogens with one attached hydrogen (secondary N) is 1. The maximum absolute atomic E-state index is 12.3. The molecule has 1 heterocycles. The van der Waals surface area contributed by atoms with Gasteiger partial charge in [0, 0.05) is 42.5 Å². The van der Waals surface area contributed by atoms with Gasteiger partial charge in [-0.3, -0.25) is 4.79 Å². The van der Waals surface area contributed by atoms with Crippen LogP contribution in [0.5, 0.6) is 0 Å². The molecule has 1 aromatic heterocycles. The van der Waals surface area contributed by atoms with Crippen LogP contribution in [0, 0.1) is 0 Å². The number of rotatable bonds is 3. The zero-order valence-corrected chi connectivity index (χ0v) is 14.3. The molecular formula is C19H24N2O2. The van der Waals surface area contributed by atoms with E-state index in [0.717, 1.165) is 59.0 Å². The van der Waals surface area contributed by atoms with E-state index in [2.05, 4.69) is 11.1 Å². The van der Waals surface area contributed by atoms with Crippen molar-refractivity contribution in [3.05, 3.63) is 29.0 Å². The smallest absolute Gasteiger partial charge is 0.179 e. The van der Waals surface area contributed by atoms with Gasteiger partial charge in [0.2, 0.25) is 0 Å². The normalized spacial score (nSPS) is 15.4. The molecule has 0 atom stereocenters. The van der Waals surface area contributed by atoms with Crippen molar-refractivity contribution in [1.29, 1.82) is 0 Å². The number of carbonyl (C=O) groups excluding carboxylic acids is 2. The van der Waals surface area contributed by atoms with Crippen molar-refractivity contribution < 1.29 is 9.59 Å². The van der Waals surface area contributed by atoms with Crippen LogP contribution in [-0.2, 0) is 16.6 Å². The van der Waals surface area contributed by atoms with Crippen LogP contribution in [0.15, 0.2) is 12.1 Å². The lowest BCUT2D eigenvalue weighted by molar-refractivity contribution is -0.111. The average molecular weight is 312 g/mol. The van der Waals surface area contributed by atoms with Gasteiger partial charge in [0.05, 0.1) is 5.69 Å². The molecule has 3 rings (SSSR count). The summed E-state index contributed by atoms with van der Waals surface area (Å²) >= 11 is 0. The van der Waals surface area contributed by atoms with E-state index in [1.807, 2.05) is 38.9 Å². The summed E-state index contributed by atoms with van der Waals surface area (Å²) in [5, 5.41) is 1.12. The van der Waals surface area contributed by atoms with Gasteiger partial charge in [0.15, 0.2) is 5.78 Å². The first-order valence-electron chi connectivity index (χ1n) is 8.21. The van der Waals surface area contributed by atoms with E-state index in [4.69, 9.17) is 0 Å². The summed E-state index contributed by atoms with van der Waals surface area (Å²) in [6.45, 7) is 3.85. The molecule has 0 bridgehead atoms. The highest BCUT2D eigenvalue weighted by Crippen LogP contribution is 2.37.